The van der Waals surface area contributed by atoms with Crippen LogP contribution in [0.5, 0.6) is 0 Å². The summed E-state index contributed by atoms with van der Waals surface area (Å²) in [5, 5.41) is 18.2. The highest BCUT2D eigenvalue weighted by Crippen LogP contribution is 2.25. The number of benzene rings is 1. The second-order valence-electron chi connectivity index (χ2n) is 4.67. The van der Waals surface area contributed by atoms with E-state index in [4.69, 9.17) is 10.8 Å². The molecule has 1 saturated heterocycles. The van der Waals surface area contributed by atoms with Gasteiger partial charge in [-0.2, -0.15) is 0 Å². The minimum absolute atomic E-state index is 0. The highest BCUT2D eigenvalue weighted by Gasteiger charge is 2.22. The Morgan fingerprint density at radius 1 is 1.15 bits per heavy atom. The lowest BCUT2D eigenvalue weighted by molar-refractivity contribution is 0.0681. The van der Waals surface area contributed by atoms with Crippen LogP contribution in [-0.4, -0.2) is 41.3 Å². The number of hydrogen-bond acceptors (Lipinski definition) is 4. The van der Waals surface area contributed by atoms with Gasteiger partial charge < -0.3 is 20.8 Å². The summed E-state index contributed by atoms with van der Waals surface area (Å²) in [5.41, 5.74) is 6.49. The number of nitrogens with zero attached hydrogens (tertiary/aromatic N) is 1. The predicted octanol–water partition coefficient (Wildman–Crippen LogP) is 1.43. The van der Waals surface area contributed by atoms with Crippen molar-refractivity contribution in [1.29, 1.82) is 0 Å². The van der Waals surface area contributed by atoms with Crippen LogP contribution in [0.4, 0.5) is 5.69 Å². The van der Waals surface area contributed by atoms with Crippen molar-refractivity contribution in [3.63, 3.8) is 0 Å². The van der Waals surface area contributed by atoms with Crippen molar-refractivity contribution in [2.45, 2.75) is 18.9 Å². The highest BCUT2D eigenvalue weighted by atomic mass is 35.5. The van der Waals surface area contributed by atoms with Gasteiger partial charge in [0.2, 0.25) is 0 Å². The predicted molar refractivity (Wildman–Crippen MR) is 77.0 cm³/mol. The van der Waals surface area contributed by atoms with Crippen LogP contribution in [0.25, 0.3) is 0 Å². The SMILES string of the molecule is Cl.NC1CCN(c2cc(C(=O)O)ccc2C(=O)O)CC1. The molecule has 0 spiro atoms. The first-order valence-corrected chi connectivity index (χ1v) is 6.10. The second kappa shape index (κ2) is 6.58. The summed E-state index contributed by atoms with van der Waals surface area (Å²) in [6.45, 7) is 1.29. The smallest absolute Gasteiger partial charge is 0.337 e. The van der Waals surface area contributed by atoms with Crippen molar-refractivity contribution < 1.29 is 19.8 Å². The molecule has 0 aromatic heterocycles. The molecule has 0 amide bonds. The van der Waals surface area contributed by atoms with Gasteiger partial charge in [0.1, 0.15) is 0 Å². The number of carbonyl (C=O) groups is 2. The molecule has 6 nitrogen and oxygen atoms in total. The Kier molecular flexibility index (Phi) is 5.35. The number of carboxylic acid groups (broad SMARTS) is 2. The summed E-state index contributed by atoms with van der Waals surface area (Å²) >= 11 is 0. The lowest BCUT2D eigenvalue weighted by Gasteiger charge is -2.33. The van der Waals surface area contributed by atoms with Gasteiger partial charge in [-0.1, -0.05) is 0 Å². The van der Waals surface area contributed by atoms with Crippen LogP contribution in [0.3, 0.4) is 0 Å². The second-order valence-corrected chi connectivity index (χ2v) is 4.67. The Labute approximate surface area is 122 Å². The first kappa shape index (κ1) is 16.3. The molecule has 1 heterocycles. The topological polar surface area (TPSA) is 104 Å². The van der Waals surface area contributed by atoms with Crippen molar-refractivity contribution in [2.75, 3.05) is 18.0 Å². The van der Waals surface area contributed by atoms with E-state index in [0.717, 1.165) is 12.8 Å². The van der Waals surface area contributed by atoms with Crippen LogP contribution in [-0.2, 0) is 0 Å². The van der Waals surface area contributed by atoms with Crippen molar-refractivity contribution in [2.24, 2.45) is 5.73 Å². The first-order valence-electron chi connectivity index (χ1n) is 6.10. The molecule has 1 aromatic carbocycles. The van der Waals surface area contributed by atoms with Gasteiger partial charge in [0.05, 0.1) is 16.8 Å². The number of rotatable bonds is 3. The molecular weight excluding hydrogens is 284 g/mol. The van der Waals surface area contributed by atoms with E-state index in [1.54, 1.807) is 0 Å². The summed E-state index contributed by atoms with van der Waals surface area (Å²) in [6.07, 6.45) is 1.55. The molecule has 0 radical (unpaired) electrons. The molecule has 1 fully saturated rings. The molecule has 0 unspecified atom stereocenters. The summed E-state index contributed by atoms with van der Waals surface area (Å²) in [5.74, 6) is -2.12. The number of hydrogen-bond donors (Lipinski definition) is 3. The summed E-state index contributed by atoms with van der Waals surface area (Å²) < 4.78 is 0. The fourth-order valence-electron chi connectivity index (χ4n) is 2.25. The van der Waals surface area contributed by atoms with Gasteiger partial charge in [-0.15, -0.1) is 12.4 Å². The Bertz CT molecular complexity index is 513. The standard InChI is InChI=1S/C13H16N2O4.ClH/c14-9-3-5-15(6-4-9)11-7-8(12(16)17)1-2-10(11)13(18)19;/h1-2,7,9H,3-6,14H2,(H,16,17)(H,18,19);1H. The number of carboxylic acids is 2. The molecular formula is C13H17ClN2O4. The fraction of sp³-hybridized carbons (Fsp3) is 0.385. The Morgan fingerprint density at radius 3 is 2.25 bits per heavy atom. The van der Waals surface area contributed by atoms with Crippen LogP contribution < -0.4 is 10.6 Å². The number of aromatic carboxylic acids is 2. The molecule has 20 heavy (non-hydrogen) atoms. The molecule has 4 N–H and O–H groups in total. The number of halogens is 1. The molecule has 0 saturated carbocycles. The minimum atomic E-state index is -1.06. The van der Waals surface area contributed by atoms with E-state index < -0.39 is 11.9 Å². The zero-order valence-electron chi connectivity index (χ0n) is 10.8. The average molecular weight is 301 g/mol. The van der Waals surface area contributed by atoms with Crippen LogP contribution in [0.2, 0.25) is 0 Å². The average Bonchev–Trinajstić information content (AvgIpc) is 2.38. The van der Waals surface area contributed by atoms with Crippen LogP contribution in [0.1, 0.15) is 33.6 Å². The maximum atomic E-state index is 11.2. The largest absolute Gasteiger partial charge is 0.478 e. The maximum absolute atomic E-state index is 11.2. The molecule has 0 bridgehead atoms. The molecule has 7 heteroatoms. The van der Waals surface area contributed by atoms with Gasteiger partial charge >= 0.3 is 11.9 Å². The summed E-state index contributed by atoms with van der Waals surface area (Å²) in [7, 11) is 0. The van der Waals surface area contributed by atoms with Gasteiger partial charge in [-0.3, -0.25) is 0 Å². The normalized spacial score (nSPS) is 15.6. The number of anilines is 1. The maximum Gasteiger partial charge on any atom is 0.337 e. The molecule has 0 atom stereocenters. The molecule has 110 valence electrons. The van der Waals surface area contributed by atoms with Crippen LogP contribution in [0, 0.1) is 0 Å². The quantitative estimate of drug-likeness (QED) is 0.780. The Balaban J connectivity index is 0.00000200. The number of piperidine rings is 1. The Hall–Kier alpha value is -1.79. The van der Waals surface area contributed by atoms with E-state index in [-0.39, 0.29) is 29.6 Å². The van der Waals surface area contributed by atoms with Crippen molar-refractivity contribution in [1.82, 2.24) is 0 Å². The van der Waals surface area contributed by atoms with E-state index in [1.165, 1.54) is 18.2 Å². The van der Waals surface area contributed by atoms with E-state index in [2.05, 4.69) is 0 Å². The van der Waals surface area contributed by atoms with Gasteiger partial charge in [0.25, 0.3) is 0 Å². The molecule has 1 aliphatic heterocycles. The third kappa shape index (κ3) is 3.40. The molecule has 1 aliphatic rings. The molecule has 0 aliphatic carbocycles. The van der Waals surface area contributed by atoms with E-state index >= 15 is 0 Å². The third-order valence-electron chi connectivity index (χ3n) is 3.36. The first-order chi connectivity index (χ1) is 8.99. The summed E-state index contributed by atoms with van der Waals surface area (Å²) in [4.78, 5) is 24.1. The Morgan fingerprint density at radius 2 is 1.75 bits per heavy atom. The highest BCUT2D eigenvalue weighted by molar-refractivity contribution is 5.97. The zero-order valence-corrected chi connectivity index (χ0v) is 11.6. The van der Waals surface area contributed by atoms with E-state index in [9.17, 15) is 14.7 Å². The van der Waals surface area contributed by atoms with Gasteiger partial charge in [-0.05, 0) is 31.0 Å². The lowest BCUT2D eigenvalue weighted by Crippen LogP contribution is -2.40. The number of nitrogens with two attached hydrogens (primary N) is 1. The lowest BCUT2D eigenvalue weighted by atomic mass is 10.0. The minimum Gasteiger partial charge on any atom is -0.478 e. The van der Waals surface area contributed by atoms with Crippen molar-refractivity contribution in [3.8, 4) is 0 Å². The van der Waals surface area contributed by atoms with Crippen LogP contribution in [0.15, 0.2) is 18.2 Å². The van der Waals surface area contributed by atoms with E-state index in [1.807, 2.05) is 4.90 Å². The summed E-state index contributed by atoms with van der Waals surface area (Å²) in [6, 6.07) is 4.20. The van der Waals surface area contributed by atoms with E-state index in [0.29, 0.717) is 18.8 Å². The molecule has 1 aromatic rings. The van der Waals surface area contributed by atoms with Crippen molar-refractivity contribution >= 4 is 30.0 Å². The van der Waals surface area contributed by atoms with Crippen LogP contribution >= 0.6 is 12.4 Å². The van der Waals surface area contributed by atoms with Crippen molar-refractivity contribution in [3.05, 3.63) is 29.3 Å². The third-order valence-corrected chi connectivity index (χ3v) is 3.36. The van der Waals surface area contributed by atoms with Gasteiger partial charge in [0.15, 0.2) is 0 Å². The fourth-order valence-corrected chi connectivity index (χ4v) is 2.25. The monoisotopic (exact) mass is 300 g/mol. The molecule has 2 rings (SSSR count). The van der Waals surface area contributed by atoms with Gasteiger partial charge in [-0.25, -0.2) is 9.59 Å². The van der Waals surface area contributed by atoms with Gasteiger partial charge in [0, 0.05) is 19.1 Å². The zero-order chi connectivity index (χ0) is 14.0.